The molecule has 0 bridgehead atoms. The molecule has 3 aromatic rings. The number of pyridine rings is 1. The minimum absolute atomic E-state index is 0.354. The predicted octanol–water partition coefficient (Wildman–Crippen LogP) is 3.88. The standard InChI is InChI=1S/C16H15BrN4O/c17-14-9-20-21-10-11(7-19-16(14)21)15-6-5-13(8-18-15)22-12-3-1-2-4-12/h5-10,12H,1-4H2. The van der Waals surface area contributed by atoms with Gasteiger partial charge in [0, 0.05) is 18.0 Å². The second kappa shape index (κ2) is 5.68. The molecule has 0 N–H and O–H groups in total. The van der Waals surface area contributed by atoms with E-state index in [0.717, 1.165) is 40.0 Å². The third kappa shape index (κ3) is 2.59. The Balaban J connectivity index is 1.58. The van der Waals surface area contributed by atoms with Crippen molar-refractivity contribution in [1.82, 2.24) is 19.6 Å². The monoisotopic (exact) mass is 358 g/mol. The average Bonchev–Trinajstić information content (AvgIpc) is 3.18. The summed E-state index contributed by atoms with van der Waals surface area (Å²) in [6.45, 7) is 0. The first-order valence-corrected chi connectivity index (χ1v) is 8.21. The van der Waals surface area contributed by atoms with E-state index in [0.29, 0.717) is 6.10 Å². The first kappa shape index (κ1) is 13.7. The van der Waals surface area contributed by atoms with Crippen molar-refractivity contribution >= 4 is 21.6 Å². The van der Waals surface area contributed by atoms with E-state index in [1.165, 1.54) is 12.8 Å². The van der Waals surface area contributed by atoms with Crippen LogP contribution in [-0.2, 0) is 0 Å². The molecule has 1 fully saturated rings. The maximum absolute atomic E-state index is 5.94. The Morgan fingerprint density at radius 1 is 1.09 bits per heavy atom. The fourth-order valence-corrected chi connectivity index (χ4v) is 3.17. The summed E-state index contributed by atoms with van der Waals surface area (Å²) in [5, 5.41) is 4.25. The molecule has 22 heavy (non-hydrogen) atoms. The van der Waals surface area contributed by atoms with Gasteiger partial charge in [-0.25, -0.2) is 9.50 Å². The van der Waals surface area contributed by atoms with E-state index in [4.69, 9.17) is 4.74 Å². The molecular formula is C16H15BrN4O. The van der Waals surface area contributed by atoms with Crippen molar-refractivity contribution in [3.8, 4) is 17.0 Å². The van der Waals surface area contributed by atoms with Crippen LogP contribution in [-0.4, -0.2) is 25.7 Å². The van der Waals surface area contributed by atoms with E-state index >= 15 is 0 Å². The van der Waals surface area contributed by atoms with Gasteiger partial charge >= 0.3 is 0 Å². The Hall–Kier alpha value is -1.95. The van der Waals surface area contributed by atoms with Crippen molar-refractivity contribution in [2.24, 2.45) is 0 Å². The van der Waals surface area contributed by atoms with Crippen LogP contribution in [0.4, 0.5) is 0 Å². The average molecular weight is 359 g/mol. The van der Waals surface area contributed by atoms with Gasteiger partial charge in [-0.3, -0.25) is 4.98 Å². The van der Waals surface area contributed by atoms with Crippen molar-refractivity contribution in [2.75, 3.05) is 0 Å². The Morgan fingerprint density at radius 2 is 1.95 bits per heavy atom. The smallest absolute Gasteiger partial charge is 0.169 e. The van der Waals surface area contributed by atoms with E-state index < -0.39 is 0 Å². The van der Waals surface area contributed by atoms with E-state index in [9.17, 15) is 0 Å². The number of fused-ring (bicyclic) bond motifs is 1. The Kier molecular flexibility index (Phi) is 3.54. The fraction of sp³-hybridized carbons (Fsp3) is 0.312. The third-order valence-electron chi connectivity index (χ3n) is 3.95. The highest BCUT2D eigenvalue weighted by molar-refractivity contribution is 9.10. The number of rotatable bonds is 3. The summed E-state index contributed by atoms with van der Waals surface area (Å²) in [7, 11) is 0. The molecular weight excluding hydrogens is 344 g/mol. The lowest BCUT2D eigenvalue weighted by molar-refractivity contribution is 0.209. The number of halogens is 1. The summed E-state index contributed by atoms with van der Waals surface area (Å²) in [5.74, 6) is 0.839. The van der Waals surface area contributed by atoms with Gasteiger partial charge in [-0.15, -0.1) is 0 Å². The number of hydrogen-bond acceptors (Lipinski definition) is 4. The van der Waals surface area contributed by atoms with Crippen LogP contribution in [0.15, 0.2) is 41.4 Å². The molecule has 1 aliphatic carbocycles. The quantitative estimate of drug-likeness (QED) is 0.712. The normalized spacial score (nSPS) is 15.5. The van der Waals surface area contributed by atoms with E-state index in [1.54, 1.807) is 16.9 Å². The summed E-state index contributed by atoms with van der Waals surface area (Å²) < 4.78 is 8.56. The summed E-state index contributed by atoms with van der Waals surface area (Å²) in [4.78, 5) is 8.89. The predicted molar refractivity (Wildman–Crippen MR) is 86.8 cm³/mol. The van der Waals surface area contributed by atoms with Crippen molar-refractivity contribution in [3.05, 3.63) is 41.4 Å². The summed E-state index contributed by atoms with van der Waals surface area (Å²) in [5.41, 5.74) is 2.58. The molecule has 4 rings (SSSR count). The minimum Gasteiger partial charge on any atom is -0.489 e. The molecule has 3 aromatic heterocycles. The molecule has 0 aliphatic heterocycles. The maximum atomic E-state index is 5.94. The molecule has 0 saturated heterocycles. The second-order valence-corrected chi connectivity index (χ2v) is 6.36. The third-order valence-corrected chi connectivity index (χ3v) is 4.51. The first-order valence-electron chi connectivity index (χ1n) is 7.41. The van der Waals surface area contributed by atoms with Crippen LogP contribution in [0.1, 0.15) is 25.7 Å². The van der Waals surface area contributed by atoms with Crippen LogP contribution >= 0.6 is 15.9 Å². The van der Waals surface area contributed by atoms with Crippen LogP contribution in [0.5, 0.6) is 5.75 Å². The van der Waals surface area contributed by atoms with E-state index in [2.05, 4.69) is 31.0 Å². The molecule has 1 aliphatic rings. The van der Waals surface area contributed by atoms with Gasteiger partial charge in [-0.1, -0.05) is 0 Å². The van der Waals surface area contributed by atoms with Gasteiger partial charge in [0.2, 0.25) is 0 Å². The minimum atomic E-state index is 0.354. The number of hydrogen-bond donors (Lipinski definition) is 0. The molecule has 0 unspecified atom stereocenters. The molecule has 3 heterocycles. The van der Waals surface area contributed by atoms with E-state index in [1.807, 2.05) is 24.5 Å². The zero-order valence-corrected chi connectivity index (χ0v) is 13.5. The van der Waals surface area contributed by atoms with Gasteiger partial charge in [0.15, 0.2) is 5.65 Å². The van der Waals surface area contributed by atoms with Crippen LogP contribution in [0.2, 0.25) is 0 Å². The lowest BCUT2D eigenvalue weighted by Gasteiger charge is -2.12. The largest absolute Gasteiger partial charge is 0.489 e. The summed E-state index contributed by atoms with van der Waals surface area (Å²) in [6, 6.07) is 3.94. The van der Waals surface area contributed by atoms with Gasteiger partial charge in [0.05, 0.1) is 28.7 Å². The molecule has 6 heteroatoms. The van der Waals surface area contributed by atoms with Crippen LogP contribution in [0.25, 0.3) is 16.9 Å². The number of aromatic nitrogens is 4. The van der Waals surface area contributed by atoms with E-state index in [-0.39, 0.29) is 0 Å². The van der Waals surface area contributed by atoms with Crippen molar-refractivity contribution in [2.45, 2.75) is 31.8 Å². The van der Waals surface area contributed by atoms with Crippen molar-refractivity contribution in [1.29, 1.82) is 0 Å². The zero-order chi connectivity index (χ0) is 14.9. The van der Waals surface area contributed by atoms with Crippen LogP contribution in [0, 0.1) is 0 Å². The lowest BCUT2D eigenvalue weighted by Crippen LogP contribution is -2.10. The molecule has 1 saturated carbocycles. The highest BCUT2D eigenvalue weighted by Crippen LogP contribution is 2.25. The van der Waals surface area contributed by atoms with Crippen LogP contribution < -0.4 is 4.74 Å². The highest BCUT2D eigenvalue weighted by atomic mass is 79.9. The SMILES string of the molecule is Brc1cnn2cc(-c3ccc(OC4CCCC4)cn3)cnc12. The maximum Gasteiger partial charge on any atom is 0.169 e. The van der Waals surface area contributed by atoms with Gasteiger partial charge in [-0.05, 0) is 53.7 Å². The molecule has 5 nitrogen and oxygen atoms in total. The lowest BCUT2D eigenvalue weighted by atomic mass is 10.2. The second-order valence-electron chi connectivity index (χ2n) is 5.51. The molecule has 0 radical (unpaired) electrons. The Morgan fingerprint density at radius 3 is 2.73 bits per heavy atom. The fourth-order valence-electron chi connectivity index (χ4n) is 2.80. The molecule has 0 aromatic carbocycles. The Bertz CT molecular complexity index is 794. The van der Waals surface area contributed by atoms with Crippen LogP contribution in [0.3, 0.4) is 0 Å². The summed E-state index contributed by atoms with van der Waals surface area (Å²) >= 11 is 3.42. The van der Waals surface area contributed by atoms with Gasteiger partial charge in [0.25, 0.3) is 0 Å². The molecule has 0 spiro atoms. The van der Waals surface area contributed by atoms with Crippen molar-refractivity contribution < 1.29 is 4.74 Å². The molecule has 0 atom stereocenters. The summed E-state index contributed by atoms with van der Waals surface area (Å²) in [6.07, 6.45) is 12.4. The number of ether oxygens (including phenoxy) is 1. The molecule has 0 amide bonds. The topological polar surface area (TPSA) is 52.3 Å². The van der Waals surface area contributed by atoms with Gasteiger partial charge in [-0.2, -0.15) is 5.10 Å². The highest BCUT2D eigenvalue weighted by Gasteiger charge is 2.16. The Labute approximate surface area is 136 Å². The molecule has 112 valence electrons. The first-order chi connectivity index (χ1) is 10.8. The van der Waals surface area contributed by atoms with Gasteiger partial charge in [0.1, 0.15) is 5.75 Å². The van der Waals surface area contributed by atoms with Gasteiger partial charge < -0.3 is 4.74 Å². The van der Waals surface area contributed by atoms with Crippen molar-refractivity contribution in [3.63, 3.8) is 0 Å². The zero-order valence-electron chi connectivity index (χ0n) is 11.9. The number of nitrogens with zero attached hydrogens (tertiary/aromatic N) is 4.